The summed E-state index contributed by atoms with van der Waals surface area (Å²) in [5, 5.41) is 4.16. The van der Waals surface area contributed by atoms with E-state index in [2.05, 4.69) is 9.97 Å². The standard InChI is InChI=1S/C19H13ClN2O2S2/c20-13-5-3-4-12(8-13)19-21-14(11-25-19)9-18(23)24-10-17-22-15-6-1-2-7-16(15)26-17/h1-8,11H,9-10H2. The van der Waals surface area contributed by atoms with Gasteiger partial charge in [-0.1, -0.05) is 35.9 Å². The predicted octanol–water partition coefficient (Wildman–Crippen LogP) is 5.36. The van der Waals surface area contributed by atoms with Crippen LogP contribution in [0.1, 0.15) is 10.7 Å². The molecule has 0 unspecified atom stereocenters. The molecule has 0 saturated carbocycles. The van der Waals surface area contributed by atoms with E-state index < -0.39 is 0 Å². The number of para-hydroxylation sites is 1. The molecule has 0 N–H and O–H groups in total. The Labute approximate surface area is 163 Å². The van der Waals surface area contributed by atoms with Crippen molar-refractivity contribution in [2.75, 3.05) is 0 Å². The minimum atomic E-state index is -0.313. The predicted molar refractivity (Wildman–Crippen MR) is 106 cm³/mol. The maximum Gasteiger partial charge on any atom is 0.312 e. The summed E-state index contributed by atoms with van der Waals surface area (Å²) in [5.41, 5.74) is 2.56. The average Bonchev–Trinajstić information content (AvgIpc) is 3.26. The molecule has 7 heteroatoms. The summed E-state index contributed by atoms with van der Waals surface area (Å²) in [7, 11) is 0. The number of benzene rings is 2. The Morgan fingerprint density at radius 3 is 2.85 bits per heavy atom. The fourth-order valence-corrected chi connectivity index (χ4v) is 4.35. The number of rotatable bonds is 5. The first-order chi connectivity index (χ1) is 12.7. The number of nitrogens with zero attached hydrogens (tertiary/aromatic N) is 2. The number of esters is 1. The second-order valence-corrected chi connectivity index (χ2v) is 7.98. The fourth-order valence-electron chi connectivity index (χ4n) is 2.47. The van der Waals surface area contributed by atoms with Crippen LogP contribution >= 0.6 is 34.3 Å². The third-order valence-corrected chi connectivity index (χ3v) is 5.83. The largest absolute Gasteiger partial charge is 0.458 e. The molecule has 4 rings (SSSR count). The lowest BCUT2D eigenvalue weighted by Gasteiger charge is -2.00. The van der Waals surface area contributed by atoms with Gasteiger partial charge >= 0.3 is 5.97 Å². The van der Waals surface area contributed by atoms with Gasteiger partial charge in [0.25, 0.3) is 0 Å². The lowest BCUT2D eigenvalue weighted by Crippen LogP contribution is -2.08. The topological polar surface area (TPSA) is 52.1 Å². The van der Waals surface area contributed by atoms with Gasteiger partial charge in [0.15, 0.2) is 0 Å². The van der Waals surface area contributed by atoms with Crippen molar-refractivity contribution < 1.29 is 9.53 Å². The Morgan fingerprint density at radius 2 is 2.00 bits per heavy atom. The molecule has 4 nitrogen and oxygen atoms in total. The number of carbonyl (C=O) groups excluding carboxylic acids is 1. The summed E-state index contributed by atoms with van der Waals surface area (Å²) >= 11 is 9.03. The van der Waals surface area contributed by atoms with E-state index in [9.17, 15) is 4.79 Å². The first kappa shape index (κ1) is 17.1. The van der Waals surface area contributed by atoms with E-state index in [-0.39, 0.29) is 19.0 Å². The van der Waals surface area contributed by atoms with Gasteiger partial charge in [-0.15, -0.1) is 22.7 Å². The number of ether oxygens (including phenoxy) is 1. The van der Waals surface area contributed by atoms with Crippen molar-refractivity contribution in [3.8, 4) is 10.6 Å². The summed E-state index contributed by atoms with van der Waals surface area (Å²) in [4.78, 5) is 21.1. The number of hydrogen-bond donors (Lipinski definition) is 0. The number of carbonyl (C=O) groups is 1. The molecular weight excluding hydrogens is 388 g/mol. The van der Waals surface area contributed by atoms with Crippen LogP contribution in [0.4, 0.5) is 0 Å². The summed E-state index contributed by atoms with van der Waals surface area (Å²) in [6.45, 7) is 0.184. The molecule has 4 aromatic rings. The van der Waals surface area contributed by atoms with Crippen LogP contribution < -0.4 is 0 Å². The minimum absolute atomic E-state index is 0.141. The van der Waals surface area contributed by atoms with Crippen LogP contribution in [0, 0.1) is 0 Å². The van der Waals surface area contributed by atoms with E-state index in [1.165, 1.54) is 22.7 Å². The van der Waals surface area contributed by atoms with E-state index in [1.54, 1.807) is 0 Å². The normalized spacial score (nSPS) is 11.0. The van der Waals surface area contributed by atoms with Gasteiger partial charge in [0.05, 0.1) is 22.3 Å². The molecule has 0 saturated heterocycles. The maximum atomic E-state index is 12.1. The van der Waals surface area contributed by atoms with Gasteiger partial charge in [0, 0.05) is 16.0 Å². The van der Waals surface area contributed by atoms with E-state index in [0.717, 1.165) is 25.8 Å². The van der Waals surface area contributed by atoms with Crippen molar-refractivity contribution >= 4 is 50.5 Å². The van der Waals surface area contributed by atoms with Gasteiger partial charge < -0.3 is 4.74 Å². The molecule has 0 amide bonds. The fraction of sp³-hybridized carbons (Fsp3) is 0.105. The van der Waals surface area contributed by atoms with Gasteiger partial charge in [0.1, 0.15) is 16.6 Å². The highest BCUT2D eigenvalue weighted by molar-refractivity contribution is 7.18. The van der Waals surface area contributed by atoms with E-state index in [4.69, 9.17) is 16.3 Å². The van der Waals surface area contributed by atoms with E-state index in [1.807, 2.05) is 53.9 Å². The number of halogens is 1. The zero-order chi connectivity index (χ0) is 17.9. The van der Waals surface area contributed by atoms with Crippen LogP contribution in [-0.2, 0) is 22.6 Å². The smallest absolute Gasteiger partial charge is 0.312 e. The Morgan fingerprint density at radius 1 is 1.12 bits per heavy atom. The molecular formula is C19H13ClN2O2S2. The molecule has 0 spiro atoms. The van der Waals surface area contributed by atoms with E-state index in [0.29, 0.717) is 10.7 Å². The molecule has 2 aromatic heterocycles. The summed E-state index contributed by atoms with van der Waals surface area (Å²) in [5.74, 6) is -0.313. The molecule has 2 aromatic carbocycles. The molecule has 2 heterocycles. The molecule has 130 valence electrons. The molecule has 0 aliphatic heterocycles. The molecule has 0 aliphatic rings. The van der Waals surface area contributed by atoms with Gasteiger partial charge in [-0.05, 0) is 24.3 Å². The Kier molecular flexibility index (Phi) is 4.97. The highest BCUT2D eigenvalue weighted by atomic mass is 35.5. The third kappa shape index (κ3) is 3.93. The molecule has 0 radical (unpaired) electrons. The van der Waals surface area contributed by atoms with Crippen molar-refractivity contribution in [3.05, 3.63) is 69.6 Å². The van der Waals surface area contributed by atoms with Crippen LogP contribution in [0.25, 0.3) is 20.8 Å². The van der Waals surface area contributed by atoms with E-state index >= 15 is 0 Å². The van der Waals surface area contributed by atoms with Crippen LogP contribution in [0.3, 0.4) is 0 Å². The molecule has 0 bridgehead atoms. The van der Waals surface area contributed by atoms with Gasteiger partial charge in [0.2, 0.25) is 0 Å². The first-order valence-electron chi connectivity index (χ1n) is 7.88. The zero-order valence-corrected chi connectivity index (χ0v) is 15.9. The highest BCUT2D eigenvalue weighted by Crippen LogP contribution is 2.26. The van der Waals surface area contributed by atoms with Crippen molar-refractivity contribution in [1.29, 1.82) is 0 Å². The highest BCUT2D eigenvalue weighted by Gasteiger charge is 2.12. The third-order valence-electron chi connectivity index (χ3n) is 3.64. The second-order valence-electron chi connectivity index (χ2n) is 5.57. The summed E-state index contributed by atoms with van der Waals surface area (Å²) in [6, 6.07) is 15.4. The van der Waals surface area contributed by atoms with Gasteiger partial charge in [-0.3, -0.25) is 4.79 Å². The Balaban J connectivity index is 1.37. The number of fused-ring (bicyclic) bond motifs is 1. The summed E-state index contributed by atoms with van der Waals surface area (Å²) in [6.07, 6.45) is 0.141. The van der Waals surface area contributed by atoms with Gasteiger partial charge in [-0.25, -0.2) is 9.97 Å². The number of aromatic nitrogens is 2. The Hall–Kier alpha value is -2.28. The van der Waals surface area contributed by atoms with Gasteiger partial charge in [-0.2, -0.15) is 0 Å². The van der Waals surface area contributed by atoms with Crippen LogP contribution in [0.15, 0.2) is 53.9 Å². The summed E-state index contributed by atoms with van der Waals surface area (Å²) < 4.78 is 6.44. The second kappa shape index (κ2) is 7.53. The molecule has 0 atom stereocenters. The van der Waals surface area contributed by atoms with Crippen molar-refractivity contribution in [2.24, 2.45) is 0 Å². The lowest BCUT2D eigenvalue weighted by molar-refractivity contribution is -0.144. The minimum Gasteiger partial charge on any atom is -0.458 e. The molecule has 26 heavy (non-hydrogen) atoms. The average molecular weight is 401 g/mol. The maximum absolute atomic E-state index is 12.1. The first-order valence-corrected chi connectivity index (χ1v) is 9.95. The van der Waals surface area contributed by atoms with Crippen molar-refractivity contribution in [1.82, 2.24) is 9.97 Å². The Bertz CT molecular complexity index is 1040. The van der Waals surface area contributed by atoms with Crippen LogP contribution in [-0.4, -0.2) is 15.9 Å². The number of thiazole rings is 2. The number of hydrogen-bond acceptors (Lipinski definition) is 6. The van der Waals surface area contributed by atoms with Crippen LogP contribution in [0.2, 0.25) is 5.02 Å². The van der Waals surface area contributed by atoms with Crippen molar-refractivity contribution in [2.45, 2.75) is 13.0 Å². The van der Waals surface area contributed by atoms with Crippen molar-refractivity contribution in [3.63, 3.8) is 0 Å². The zero-order valence-electron chi connectivity index (χ0n) is 13.5. The quantitative estimate of drug-likeness (QED) is 0.423. The SMILES string of the molecule is O=C(Cc1csc(-c2cccc(Cl)c2)n1)OCc1nc2ccccc2s1. The molecule has 0 fully saturated rings. The molecule has 0 aliphatic carbocycles. The lowest BCUT2D eigenvalue weighted by atomic mass is 10.2. The van der Waals surface area contributed by atoms with Crippen LogP contribution in [0.5, 0.6) is 0 Å². The monoisotopic (exact) mass is 400 g/mol.